The summed E-state index contributed by atoms with van der Waals surface area (Å²) in [6.07, 6.45) is 3.15. The van der Waals surface area contributed by atoms with Crippen LogP contribution in [0.25, 0.3) is 16.7 Å². The fourth-order valence-electron chi connectivity index (χ4n) is 3.05. The summed E-state index contributed by atoms with van der Waals surface area (Å²) >= 11 is 1.44. The number of nitrogens with one attached hydrogen (secondary N) is 1. The van der Waals surface area contributed by atoms with Gasteiger partial charge in [-0.15, -0.1) is 0 Å². The number of hydrogen-bond donors (Lipinski definition) is 2. The third kappa shape index (κ3) is 4.18. The van der Waals surface area contributed by atoms with Crippen molar-refractivity contribution in [1.29, 1.82) is 0 Å². The van der Waals surface area contributed by atoms with Gasteiger partial charge >= 0.3 is 0 Å². The quantitative estimate of drug-likeness (QED) is 0.297. The number of nitrogens with zero attached hydrogens (tertiary/aromatic N) is 7. The number of rotatable bonds is 6. The Hall–Kier alpha value is -4.12. The van der Waals surface area contributed by atoms with E-state index < -0.39 is 0 Å². The first-order valence-corrected chi connectivity index (χ1v) is 10.5. The van der Waals surface area contributed by atoms with Crippen LogP contribution in [0.5, 0.6) is 0 Å². The van der Waals surface area contributed by atoms with Crippen molar-refractivity contribution in [2.24, 2.45) is 0 Å². The number of hydrogen-bond acceptors (Lipinski definition) is 9. The molecule has 5 rings (SSSR count). The van der Waals surface area contributed by atoms with Crippen LogP contribution in [0, 0.1) is 5.82 Å². The van der Waals surface area contributed by atoms with Gasteiger partial charge in [0, 0.05) is 5.69 Å². The molecule has 0 atom stereocenters. The molecule has 0 fully saturated rings. The maximum atomic E-state index is 13.3. The van der Waals surface area contributed by atoms with E-state index in [0.29, 0.717) is 28.9 Å². The number of halogens is 1. The molecular weight excluding hydrogens is 429 g/mol. The molecule has 3 N–H and O–H groups in total. The van der Waals surface area contributed by atoms with E-state index in [0.717, 1.165) is 16.1 Å². The molecule has 0 amide bonds. The zero-order valence-electron chi connectivity index (χ0n) is 16.6. The summed E-state index contributed by atoms with van der Waals surface area (Å²) in [5.41, 5.74) is 8.05. The molecule has 0 saturated heterocycles. The Kier molecular flexibility index (Phi) is 5.30. The fourth-order valence-corrected chi connectivity index (χ4v) is 3.87. The van der Waals surface area contributed by atoms with Gasteiger partial charge in [0.2, 0.25) is 11.9 Å². The highest BCUT2D eigenvalue weighted by Crippen LogP contribution is 2.28. The van der Waals surface area contributed by atoms with Crippen molar-refractivity contribution >= 4 is 40.4 Å². The second kappa shape index (κ2) is 8.55. The molecule has 5 aromatic rings. The largest absolute Gasteiger partial charge is 0.368 e. The molecule has 0 unspecified atom stereocenters. The minimum Gasteiger partial charge on any atom is -0.368 e. The SMILES string of the molecule is Nc1nc(CSc2ncnc3c2cnn3-c2ccc(F)cc2)nc(Nc2ccccc2)n1. The first-order valence-electron chi connectivity index (χ1n) is 9.56. The van der Waals surface area contributed by atoms with Crippen LogP contribution in [0.2, 0.25) is 0 Å². The van der Waals surface area contributed by atoms with Crippen LogP contribution in [0.3, 0.4) is 0 Å². The maximum absolute atomic E-state index is 13.3. The Balaban J connectivity index is 1.38. The lowest BCUT2D eigenvalue weighted by molar-refractivity contribution is 0.627. The number of aromatic nitrogens is 7. The van der Waals surface area contributed by atoms with E-state index in [1.807, 2.05) is 30.3 Å². The first-order chi connectivity index (χ1) is 15.7. The van der Waals surface area contributed by atoms with Gasteiger partial charge in [0.1, 0.15) is 23.0 Å². The summed E-state index contributed by atoms with van der Waals surface area (Å²) in [6.45, 7) is 0. The molecule has 158 valence electrons. The summed E-state index contributed by atoms with van der Waals surface area (Å²) in [6, 6.07) is 15.6. The van der Waals surface area contributed by atoms with Gasteiger partial charge in [0.25, 0.3) is 0 Å². The van der Waals surface area contributed by atoms with E-state index in [4.69, 9.17) is 5.73 Å². The lowest BCUT2D eigenvalue weighted by atomic mass is 10.3. The van der Waals surface area contributed by atoms with E-state index in [9.17, 15) is 4.39 Å². The Morgan fingerprint density at radius 2 is 1.78 bits per heavy atom. The van der Waals surface area contributed by atoms with E-state index >= 15 is 0 Å². The van der Waals surface area contributed by atoms with Gasteiger partial charge in [0.05, 0.1) is 23.0 Å². The number of para-hydroxylation sites is 1. The first kappa shape index (κ1) is 19.8. The fraction of sp³-hybridized carbons (Fsp3) is 0.0476. The molecule has 0 saturated carbocycles. The Bertz CT molecular complexity index is 1370. The monoisotopic (exact) mass is 445 g/mol. The summed E-state index contributed by atoms with van der Waals surface area (Å²) < 4.78 is 14.9. The third-order valence-corrected chi connectivity index (χ3v) is 5.47. The second-order valence-electron chi connectivity index (χ2n) is 6.66. The molecule has 0 aliphatic rings. The smallest absolute Gasteiger partial charge is 0.232 e. The van der Waals surface area contributed by atoms with Gasteiger partial charge in [-0.1, -0.05) is 30.0 Å². The predicted octanol–water partition coefficient (Wildman–Crippen LogP) is 3.76. The molecule has 0 aliphatic carbocycles. The normalized spacial score (nSPS) is 11.0. The topological polar surface area (TPSA) is 120 Å². The van der Waals surface area contributed by atoms with Crippen LogP contribution in [-0.4, -0.2) is 34.7 Å². The molecular formula is C21H16FN9S. The average Bonchev–Trinajstić information content (AvgIpc) is 3.23. The van der Waals surface area contributed by atoms with Gasteiger partial charge in [0.15, 0.2) is 5.65 Å². The molecule has 0 radical (unpaired) electrons. The molecule has 0 aliphatic heterocycles. The van der Waals surface area contributed by atoms with Gasteiger partial charge < -0.3 is 11.1 Å². The Labute approximate surface area is 186 Å². The van der Waals surface area contributed by atoms with Crippen LogP contribution < -0.4 is 11.1 Å². The van der Waals surface area contributed by atoms with E-state index in [1.54, 1.807) is 23.0 Å². The zero-order valence-corrected chi connectivity index (χ0v) is 17.4. The number of nitrogens with two attached hydrogens (primary N) is 1. The van der Waals surface area contributed by atoms with Crippen molar-refractivity contribution in [3.05, 3.63) is 78.8 Å². The molecule has 0 spiro atoms. The summed E-state index contributed by atoms with van der Waals surface area (Å²) in [4.78, 5) is 21.5. The van der Waals surface area contributed by atoms with Crippen molar-refractivity contribution in [3.63, 3.8) is 0 Å². The van der Waals surface area contributed by atoms with E-state index in [1.165, 1.54) is 30.2 Å². The van der Waals surface area contributed by atoms with Crippen LogP contribution in [-0.2, 0) is 5.75 Å². The standard InChI is InChI=1S/C21H16FN9S/c22-13-6-8-15(9-7-13)31-18-16(10-26-31)19(25-12-24-18)32-11-17-28-20(23)30-21(29-17)27-14-4-2-1-3-5-14/h1-10,12H,11H2,(H3,23,27,28,29,30). The van der Waals surface area contributed by atoms with Gasteiger partial charge in [-0.3, -0.25) is 0 Å². The Morgan fingerprint density at radius 3 is 2.59 bits per heavy atom. The van der Waals surface area contributed by atoms with Crippen LogP contribution >= 0.6 is 11.8 Å². The molecule has 2 aromatic carbocycles. The lowest BCUT2D eigenvalue weighted by Crippen LogP contribution is -2.06. The highest BCUT2D eigenvalue weighted by molar-refractivity contribution is 7.98. The average molecular weight is 445 g/mol. The van der Waals surface area contributed by atoms with Crippen molar-refractivity contribution in [2.45, 2.75) is 10.8 Å². The van der Waals surface area contributed by atoms with E-state index in [2.05, 4.69) is 35.3 Å². The van der Waals surface area contributed by atoms with Crippen LogP contribution in [0.4, 0.5) is 22.0 Å². The van der Waals surface area contributed by atoms with E-state index in [-0.39, 0.29) is 11.8 Å². The van der Waals surface area contributed by atoms with Crippen molar-refractivity contribution in [1.82, 2.24) is 34.7 Å². The van der Waals surface area contributed by atoms with Crippen molar-refractivity contribution in [2.75, 3.05) is 11.1 Å². The minimum absolute atomic E-state index is 0.131. The highest BCUT2D eigenvalue weighted by atomic mass is 32.2. The number of thioether (sulfide) groups is 1. The van der Waals surface area contributed by atoms with Gasteiger partial charge in [-0.2, -0.15) is 20.1 Å². The van der Waals surface area contributed by atoms with Gasteiger partial charge in [-0.05, 0) is 36.4 Å². The lowest BCUT2D eigenvalue weighted by Gasteiger charge is -2.07. The predicted molar refractivity (Wildman–Crippen MR) is 120 cm³/mol. The molecule has 0 bridgehead atoms. The number of benzene rings is 2. The molecule has 3 heterocycles. The second-order valence-corrected chi connectivity index (χ2v) is 7.63. The van der Waals surface area contributed by atoms with Crippen LogP contribution in [0.1, 0.15) is 5.82 Å². The molecule has 11 heteroatoms. The Morgan fingerprint density at radius 1 is 0.969 bits per heavy atom. The molecule has 32 heavy (non-hydrogen) atoms. The maximum Gasteiger partial charge on any atom is 0.232 e. The third-order valence-electron chi connectivity index (χ3n) is 4.47. The summed E-state index contributed by atoms with van der Waals surface area (Å²) in [7, 11) is 0. The summed E-state index contributed by atoms with van der Waals surface area (Å²) in [5, 5.41) is 9.01. The number of anilines is 3. The summed E-state index contributed by atoms with van der Waals surface area (Å²) in [5.74, 6) is 1.12. The minimum atomic E-state index is -0.311. The van der Waals surface area contributed by atoms with Gasteiger partial charge in [-0.25, -0.2) is 19.0 Å². The highest BCUT2D eigenvalue weighted by Gasteiger charge is 2.13. The molecule has 3 aromatic heterocycles. The number of fused-ring (bicyclic) bond motifs is 1. The zero-order chi connectivity index (χ0) is 21.9. The number of nitrogen functional groups attached to an aromatic ring is 1. The van der Waals surface area contributed by atoms with Crippen molar-refractivity contribution < 1.29 is 4.39 Å². The van der Waals surface area contributed by atoms with Crippen LogP contribution in [0.15, 0.2) is 72.1 Å². The molecule has 9 nitrogen and oxygen atoms in total. The van der Waals surface area contributed by atoms with Crippen molar-refractivity contribution in [3.8, 4) is 5.69 Å².